The zero-order valence-electron chi connectivity index (χ0n) is 17.1. The highest BCUT2D eigenvalue weighted by Gasteiger charge is 2.32. The Morgan fingerprint density at radius 1 is 1.10 bits per heavy atom. The summed E-state index contributed by atoms with van der Waals surface area (Å²) >= 11 is 0. The summed E-state index contributed by atoms with van der Waals surface area (Å²) < 4.78 is 32.9. The number of anilines is 1. The number of piperidine rings is 1. The molecule has 1 amide bonds. The van der Waals surface area contributed by atoms with Crippen LogP contribution in [0.15, 0.2) is 47.4 Å². The molecular weight excluding hydrogens is 388 g/mol. The van der Waals surface area contributed by atoms with E-state index in [1.807, 2.05) is 57.2 Å². The number of benzene rings is 2. The monoisotopic (exact) mass is 416 g/mol. The molecule has 1 saturated heterocycles. The van der Waals surface area contributed by atoms with Gasteiger partial charge in [0.15, 0.2) is 0 Å². The molecule has 1 heterocycles. The van der Waals surface area contributed by atoms with Crippen molar-refractivity contribution in [2.45, 2.75) is 38.5 Å². The maximum atomic E-state index is 13.0. The topological polar surface area (TPSA) is 75.7 Å². The first-order valence-electron chi connectivity index (χ1n) is 9.92. The molecule has 1 aliphatic rings. The number of amides is 1. The lowest BCUT2D eigenvalue weighted by Gasteiger charge is -2.31. The molecule has 156 valence electrons. The van der Waals surface area contributed by atoms with E-state index in [2.05, 4.69) is 5.32 Å². The first kappa shape index (κ1) is 21.3. The lowest BCUT2D eigenvalue weighted by Crippen LogP contribution is -2.41. The third kappa shape index (κ3) is 4.97. The Morgan fingerprint density at radius 2 is 1.76 bits per heavy atom. The standard InChI is InChI=1S/C22H28N2O4S/c1-4-28-20-8-6-19(7-9-20)23-22(25)18-11-13-24(14-12-18)29(26,27)21-10-5-16(2)15-17(21)3/h5-10,15,18H,4,11-14H2,1-3H3,(H,23,25). The number of ether oxygens (including phenoxy) is 1. The molecule has 0 saturated carbocycles. The molecule has 3 rings (SSSR count). The first-order chi connectivity index (χ1) is 13.8. The van der Waals surface area contributed by atoms with Gasteiger partial charge in [-0.05, 0) is 69.5 Å². The van der Waals surface area contributed by atoms with E-state index in [1.165, 1.54) is 4.31 Å². The van der Waals surface area contributed by atoms with Crippen molar-refractivity contribution in [2.75, 3.05) is 25.0 Å². The summed E-state index contributed by atoms with van der Waals surface area (Å²) in [5.41, 5.74) is 2.50. The number of rotatable bonds is 6. The van der Waals surface area contributed by atoms with Gasteiger partial charge in [0.25, 0.3) is 0 Å². The van der Waals surface area contributed by atoms with Crippen LogP contribution in [0.5, 0.6) is 5.75 Å². The van der Waals surface area contributed by atoms with Gasteiger partial charge in [0, 0.05) is 24.7 Å². The molecule has 29 heavy (non-hydrogen) atoms. The van der Waals surface area contributed by atoms with E-state index in [1.54, 1.807) is 6.07 Å². The normalized spacial score (nSPS) is 15.8. The zero-order valence-corrected chi connectivity index (χ0v) is 18.0. The minimum Gasteiger partial charge on any atom is -0.494 e. The molecule has 1 fully saturated rings. The zero-order chi connectivity index (χ0) is 21.0. The molecule has 0 radical (unpaired) electrons. The number of carbonyl (C=O) groups excluding carboxylic acids is 1. The van der Waals surface area contributed by atoms with Gasteiger partial charge in [-0.3, -0.25) is 4.79 Å². The Morgan fingerprint density at radius 3 is 2.34 bits per heavy atom. The molecule has 0 aliphatic carbocycles. The maximum Gasteiger partial charge on any atom is 0.243 e. The van der Waals surface area contributed by atoms with Crippen LogP contribution in [0.2, 0.25) is 0 Å². The van der Waals surface area contributed by atoms with Crippen molar-refractivity contribution in [2.24, 2.45) is 5.92 Å². The van der Waals surface area contributed by atoms with Crippen molar-refractivity contribution >= 4 is 21.6 Å². The molecule has 0 bridgehead atoms. The average molecular weight is 417 g/mol. The van der Waals surface area contributed by atoms with Gasteiger partial charge < -0.3 is 10.1 Å². The van der Waals surface area contributed by atoms with Crippen LogP contribution in [-0.4, -0.2) is 38.3 Å². The third-order valence-electron chi connectivity index (χ3n) is 5.21. The Kier molecular flexibility index (Phi) is 6.59. The maximum absolute atomic E-state index is 13.0. The van der Waals surface area contributed by atoms with Gasteiger partial charge in [-0.2, -0.15) is 4.31 Å². The fourth-order valence-electron chi connectivity index (χ4n) is 3.63. The summed E-state index contributed by atoms with van der Waals surface area (Å²) in [5.74, 6) is 0.486. The SMILES string of the molecule is CCOc1ccc(NC(=O)C2CCN(S(=O)(=O)c3ccc(C)cc3C)CC2)cc1. The third-order valence-corrected chi connectivity index (χ3v) is 7.26. The Labute approximate surface area is 172 Å². The number of hydrogen-bond donors (Lipinski definition) is 1. The van der Waals surface area contributed by atoms with E-state index in [0.29, 0.717) is 43.1 Å². The second-order valence-electron chi connectivity index (χ2n) is 7.39. The second kappa shape index (κ2) is 8.97. The van der Waals surface area contributed by atoms with Gasteiger partial charge in [-0.1, -0.05) is 17.7 Å². The molecular formula is C22H28N2O4S. The fraction of sp³-hybridized carbons (Fsp3) is 0.409. The summed E-state index contributed by atoms with van der Waals surface area (Å²) in [6, 6.07) is 12.6. The molecule has 2 aromatic carbocycles. The van der Waals surface area contributed by atoms with Crippen LogP contribution in [0.3, 0.4) is 0 Å². The summed E-state index contributed by atoms with van der Waals surface area (Å²) in [6.07, 6.45) is 1.01. The van der Waals surface area contributed by atoms with Crippen molar-refractivity contribution in [1.29, 1.82) is 0 Å². The highest BCUT2D eigenvalue weighted by Crippen LogP contribution is 2.27. The number of carbonyl (C=O) groups is 1. The van der Waals surface area contributed by atoms with Gasteiger partial charge in [-0.25, -0.2) is 8.42 Å². The van der Waals surface area contributed by atoms with Gasteiger partial charge in [0.1, 0.15) is 5.75 Å². The minimum atomic E-state index is -3.54. The molecule has 0 unspecified atom stereocenters. The number of nitrogens with zero attached hydrogens (tertiary/aromatic N) is 1. The largest absolute Gasteiger partial charge is 0.494 e. The molecule has 0 atom stereocenters. The molecule has 1 aliphatic heterocycles. The first-order valence-corrected chi connectivity index (χ1v) is 11.4. The molecule has 6 nitrogen and oxygen atoms in total. The van der Waals surface area contributed by atoms with Gasteiger partial charge in [0.05, 0.1) is 11.5 Å². The summed E-state index contributed by atoms with van der Waals surface area (Å²) in [7, 11) is -3.54. The van der Waals surface area contributed by atoms with Crippen LogP contribution in [0, 0.1) is 19.8 Å². The van der Waals surface area contributed by atoms with Gasteiger partial charge >= 0.3 is 0 Å². The number of hydrogen-bond acceptors (Lipinski definition) is 4. The smallest absolute Gasteiger partial charge is 0.243 e. The van der Waals surface area contributed by atoms with Crippen molar-refractivity contribution < 1.29 is 17.9 Å². The van der Waals surface area contributed by atoms with Crippen LogP contribution in [-0.2, 0) is 14.8 Å². The lowest BCUT2D eigenvalue weighted by molar-refractivity contribution is -0.120. The number of nitrogens with one attached hydrogen (secondary N) is 1. The van der Waals surface area contributed by atoms with E-state index in [-0.39, 0.29) is 11.8 Å². The van der Waals surface area contributed by atoms with Crippen LogP contribution in [0.1, 0.15) is 30.9 Å². The van der Waals surface area contributed by atoms with Crippen LogP contribution < -0.4 is 10.1 Å². The second-order valence-corrected chi connectivity index (χ2v) is 9.30. The van der Waals surface area contributed by atoms with E-state index in [9.17, 15) is 13.2 Å². The summed E-state index contributed by atoms with van der Waals surface area (Å²) in [4.78, 5) is 12.9. The van der Waals surface area contributed by atoms with Gasteiger partial charge in [0.2, 0.25) is 15.9 Å². The Bertz CT molecular complexity index is 963. The van der Waals surface area contributed by atoms with E-state index < -0.39 is 10.0 Å². The molecule has 2 aromatic rings. The van der Waals surface area contributed by atoms with Crippen LogP contribution in [0.4, 0.5) is 5.69 Å². The fourth-order valence-corrected chi connectivity index (χ4v) is 5.31. The van der Waals surface area contributed by atoms with Crippen molar-refractivity contribution in [3.63, 3.8) is 0 Å². The van der Waals surface area contributed by atoms with E-state index in [4.69, 9.17) is 4.74 Å². The van der Waals surface area contributed by atoms with Gasteiger partial charge in [-0.15, -0.1) is 0 Å². The molecule has 7 heteroatoms. The average Bonchev–Trinajstić information content (AvgIpc) is 2.69. The number of sulfonamides is 1. The molecule has 0 spiro atoms. The van der Waals surface area contributed by atoms with Crippen molar-refractivity contribution in [3.05, 3.63) is 53.6 Å². The van der Waals surface area contributed by atoms with Crippen LogP contribution in [0.25, 0.3) is 0 Å². The van der Waals surface area contributed by atoms with Crippen LogP contribution >= 0.6 is 0 Å². The van der Waals surface area contributed by atoms with E-state index in [0.717, 1.165) is 16.9 Å². The molecule has 1 N–H and O–H groups in total. The highest BCUT2D eigenvalue weighted by atomic mass is 32.2. The van der Waals surface area contributed by atoms with E-state index >= 15 is 0 Å². The van der Waals surface area contributed by atoms with Crippen molar-refractivity contribution in [3.8, 4) is 5.75 Å². The predicted octanol–water partition coefficient (Wildman–Crippen LogP) is 3.74. The highest BCUT2D eigenvalue weighted by molar-refractivity contribution is 7.89. The minimum absolute atomic E-state index is 0.0716. The Balaban J connectivity index is 1.60. The lowest BCUT2D eigenvalue weighted by atomic mass is 9.97. The Hall–Kier alpha value is -2.38. The quantitative estimate of drug-likeness (QED) is 0.778. The molecule has 0 aromatic heterocycles. The summed E-state index contributed by atoms with van der Waals surface area (Å²) in [6.45, 7) is 6.96. The van der Waals surface area contributed by atoms with Crippen molar-refractivity contribution in [1.82, 2.24) is 4.31 Å². The summed E-state index contributed by atoms with van der Waals surface area (Å²) in [5, 5.41) is 2.92. The predicted molar refractivity (Wildman–Crippen MR) is 114 cm³/mol. The number of aryl methyl sites for hydroxylation is 2.